The van der Waals surface area contributed by atoms with Crippen molar-refractivity contribution in [3.05, 3.63) is 18.2 Å². The molecule has 0 bridgehead atoms. The number of piperidine rings is 2. The number of anilines is 1. The fourth-order valence-electron chi connectivity index (χ4n) is 4.08. The van der Waals surface area contributed by atoms with E-state index in [1.54, 1.807) is 11.0 Å². The number of ether oxygens (including phenoxy) is 1. The second-order valence-electron chi connectivity index (χ2n) is 7.85. The largest absolute Gasteiger partial charge is 0.495 e. The fraction of sp³-hybridized carbons (Fsp3) is 0.619. The molecular weight excluding hydrogens is 406 g/mol. The molecule has 0 aliphatic carbocycles. The van der Waals surface area contributed by atoms with Crippen LogP contribution in [0, 0.1) is 5.92 Å². The zero-order chi connectivity index (χ0) is 21.7. The Bertz CT molecular complexity index is 881. The van der Waals surface area contributed by atoms with Crippen LogP contribution in [-0.4, -0.2) is 62.7 Å². The number of carbonyl (C=O) groups is 2. The quantitative estimate of drug-likeness (QED) is 0.738. The topological polar surface area (TPSA) is 96.0 Å². The lowest BCUT2D eigenvalue weighted by Crippen LogP contribution is -2.43. The molecule has 1 aromatic rings. The van der Waals surface area contributed by atoms with Gasteiger partial charge in [-0.2, -0.15) is 4.31 Å². The van der Waals surface area contributed by atoms with Crippen LogP contribution in [0.25, 0.3) is 0 Å². The Balaban J connectivity index is 1.78. The van der Waals surface area contributed by atoms with Crippen molar-refractivity contribution in [2.24, 2.45) is 5.92 Å². The summed E-state index contributed by atoms with van der Waals surface area (Å²) < 4.78 is 32.8. The Morgan fingerprint density at radius 2 is 1.87 bits per heavy atom. The van der Waals surface area contributed by atoms with Gasteiger partial charge in [-0.3, -0.25) is 9.59 Å². The standard InChI is InChI=1S/C21H31N3O5S/c1-3-20(25)23-11-7-8-16(15-23)21(26)22-18-14-17(9-10-19(18)29-2)30(27,28)24-12-5-4-6-13-24/h9-10,14,16H,3-8,11-13,15H2,1-2H3,(H,22,26)/t16-/m1/s1. The van der Waals surface area contributed by atoms with E-state index in [0.29, 0.717) is 50.5 Å². The Labute approximate surface area is 178 Å². The van der Waals surface area contributed by atoms with E-state index in [1.165, 1.54) is 23.5 Å². The van der Waals surface area contributed by atoms with Crippen molar-refractivity contribution >= 4 is 27.5 Å². The van der Waals surface area contributed by atoms with Crippen molar-refractivity contribution in [2.45, 2.75) is 50.3 Å². The smallest absolute Gasteiger partial charge is 0.243 e. The monoisotopic (exact) mass is 437 g/mol. The second-order valence-corrected chi connectivity index (χ2v) is 9.79. The molecule has 2 amide bonds. The molecule has 3 rings (SSSR count). The first-order valence-corrected chi connectivity index (χ1v) is 12.1. The number of hydrogen-bond acceptors (Lipinski definition) is 5. The average molecular weight is 438 g/mol. The van der Waals surface area contributed by atoms with Crippen LogP contribution < -0.4 is 10.1 Å². The summed E-state index contributed by atoms with van der Waals surface area (Å²) in [5.41, 5.74) is 0.333. The number of sulfonamides is 1. The molecule has 2 aliphatic rings. The number of methoxy groups -OCH3 is 1. The van der Waals surface area contributed by atoms with Crippen molar-refractivity contribution in [2.75, 3.05) is 38.6 Å². The van der Waals surface area contributed by atoms with E-state index >= 15 is 0 Å². The Morgan fingerprint density at radius 3 is 2.53 bits per heavy atom. The molecule has 1 atom stereocenters. The number of rotatable bonds is 6. The van der Waals surface area contributed by atoms with Gasteiger partial charge in [-0.1, -0.05) is 13.3 Å². The van der Waals surface area contributed by atoms with Gasteiger partial charge in [-0.25, -0.2) is 8.42 Å². The predicted molar refractivity (Wildman–Crippen MR) is 114 cm³/mol. The predicted octanol–water partition coefficient (Wildman–Crippen LogP) is 2.46. The summed E-state index contributed by atoms with van der Waals surface area (Å²) in [6.07, 6.45) is 4.62. The first kappa shape index (κ1) is 22.6. The number of likely N-dealkylation sites (tertiary alicyclic amines) is 1. The molecule has 8 nitrogen and oxygen atoms in total. The third-order valence-corrected chi connectivity index (χ3v) is 7.72. The molecule has 0 aromatic heterocycles. The second kappa shape index (κ2) is 9.78. The normalized spacial score (nSPS) is 20.6. The van der Waals surface area contributed by atoms with Crippen LogP contribution >= 0.6 is 0 Å². The highest BCUT2D eigenvalue weighted by Gasteiger charge is 2.30. The Kier molecular flexibility index (Phi) is 7.36. The number of carbonyl (C=O) groups excluding carboxylic acids is 2. The summed E-state index contributed by atoms with van der Waals surface area (Å²) in [5.74, 6) is -0.117. The lowest BCUT2D eigenvalue weighted by molar-refractivity contribution is -0.134. The maximum absolute atomic E-state index is 13.0. The zero-order valence-corrected chi connectivity index (χ0v) is 18.5. The van der Waals surface area contributed by atoms with Crippen LogP contribution in [0.15, 0.2) is 23.1 Å². The molecule has 0 saturated carbocycles. The van der Waals surface area contributed by atoms with Gasteiger partial charge in [-0.15, -0.1) is 0 Å². The Morgan fingerprint density at radius 1 is 1.13 bits per heavy atom. The summed E-state index contributed by atoms with van der Waals surface area (Å²) in [4.78, 5) is 26.8. The molecule has 0 radical (unpaired) electrons. The minimum atomic E-state index is -3.62. The van der Waals surface area contributed by atoms with Gasteiger partial charge in [0.2, 0.25) is 21.8 Å². The number of nitrogens with one attached hydrogen (secondary N) is 1. The molecule has 0 unspecified atom stereocenters. The van der Waals surface area contributed by atoms with E-state index in [-0.39, 0.29) is 22.6 Å². The van der Waals surface area contributed by atoms with Crippen molar-refractivity contribution < 1.29 is 22.7 Å². The number of amides is 2. The molecule has 2 fully saturated rings. The van der Waals surface area contributed by atoms with Gasteiger partial charge in [0, 0.05) is 32.6 Å². The van der Waals surface area contributed by atoms with Gasteiger partial charge in [-0.05, 0) is 43.9 Å². The summed E-state index contributed by atoms with van der Waals surface area (Å²) in [5, 5.41) is 2.84. The summed E-state index contributed by atoms with van der Waals surface area (Å²) >= 11 is 0. The van der Waals surface area contributed by atoms with Crippen molar-refractivity contribution in [1.82, 2.24) is 9.21 Å². The molecule has 1 aromatic carbocycles. The minimum absolute atomic E-state index is 0.0414. The SMILES string of the molecule is CCC(=O)N1CCC[C@@H](C(=O)Nc2cc(S(=O)(=O)N3CCCCC3)ccc2OC)C1. The summed E-state index contributed by atoms with van der Waals surface area (Å²) in [6.45, 7) is 3.89. The first-order chi connectivity index (χ1) is 14.4. The molecule has 2 aliphatic heterocycles. The van der Waals surface area contributed by atoms with E-state index in [0.717, 1.165) is 25.7 Å². The zero-order valence-electron chi connectivity index (χ0n) is 17.7. The molecule has 30 heavy (non-hydrogen) atoms. The molecule has 9 heteroatoms. The lowest BCUT2D eigenvalue weighted by Gasteiger charge is -2.32. The molecule has 1 N–H and O–H groups in total. The van der Waals surface area contributed by atoms with E-state index in [2.05, 4.69) is 5.32 Å². The molecule has 2 heterocycles. The first-order valence-electron chi connectivity index (χ1n) is 10.6. The van der Waals surface area contributed by atoms with Crippen molar-refractivity contribution in [3.63, 3.8) is 0 Å². The van der Waals surface area contributed by atoms with Gasteiger partial charge in [0.25, 0.3) is 0 Å². The minimum Gasteiger partial charge on any atom is -0.495 e. The maximum atomic E-state index is 13.0. The number of nitrogens with zero attached hydrogens (tertiary/aromatic N) is 2. The third-order valence-electron chi connectivity index (χ3n) is 5.83. The van der Waals surface area contributed by atoms with Crippen LogP contribution in [0.4, 0.5) is 5.69 Å². The average Bonchev–Trinajstić information content (AvgIpc) is 2.79. The van der Waals surface area contributed by atoms with Gasteiger partial charge in [0.1, 0.15) is 5.75 Å². The number of hydrogen-bond donors (Lipinski definition) is 1. The summed E-state index contributed by atoms with van der Waals surface area (Å²) in [7, 11) is -2.14. The van der Waals surface area contributed by atoms with Gasteiger partial charge >= 0.3 is 0 Å². The van der Waals surface area contributed by atoms with Crippen molar-refractivity contribution in [1.29, 1.82) is 0 Å². The Hall–Kier alpha value is -2.13. The lowest BCUT2D eigenvalue weighted by atomic mass is 9.96. The van der Waals surface area contributed by atoms with Crippen LogP contribution in [0.3, 0.4) is 0 Å². The van der Waals surface area contributed by atoms with Crippen LogP contribution in [0.2, 0.25) is 0 Å². The van der Waals surface area contributed by atoms with Gasteiger partial charge < -0.3 is 15.0 Å². The van der Waals surface area contributed by atoms with Crippen LogP contribution in [0.1, 0.15) is 45.4 Å². The third kappa shape index (κ3) is 4.95. The van der Waals surface area contributed by atoms with E-state index in [9.17, 15) is 18.0 Å². The molecule has 2 saturated heterocycles. The van der Waals surface area contributed by atoms with Crippen molar-refractivity contribution in [3.8, 4) is 5.75 Å². The highest BCUT2D eigenvalue weighted by atomic mass is 32.2. The highest BCUT2D eigenvalue weighted by molar-refractivity contribution is 7.89. The van der Waals surface area contributed by atoms with E-state index < -0.39 is 10.0 Å². The fourth-order valence-corrected chi connectivity index (χ4v) is 5.62. The molecule has 0 spiro atoms. The maximum Gasteiger partial charge on any atom is 0.243 e. The summed E-state index contributed by atoms with van der Waals surface area (Å²) in [6, 6.07) is 4.55. The molecular formula is C21H31N3O5S. The van der Waals surface area contributed by atoms with Gasteiger partial charge in [0.05, 0.1) is 23.6 Å². The van der Waals surface area contributed by atoms with Crippen LogP contribution in [0.5, 0.6) is 5.75 Å². The molecule has 166 valence electrons. The van der Waals surface area contributed by atoms with E-state index in [1.807, 2.05) is 6.92 Å². The van der Waals surface area contributed by atoms with Crippen LogP contribution in [-0.2, 0) is 19.6 Å². The van der Waals surface area contributed by atoms with Gasteiger partial charge in [0.15, 0.2) is 0 Å². The van der Waals surface area contributed by atoms with E-state index in [4.69, 9.17) is 4.74 Å². The number of benzene rings is 1. The highest BCUT2D eigenvalue weighted by Crippen LogP contribution is 2.31.